The van der Waals surface area contributed by atoms with Gasteiger partial charge in [-0.2, -0.15) is 16.1 Å². The third-order valence-electron chi connectivity index (χ3n) is 1.57. The highest BCUT2D eigenvalue weighted by molar-refractivity contribution is 7.98. The van der Waals surface area contributed by atoms with Crippen molar-refractivity contribution in [1.29, 1.82) is 0 Å². The van der Waals surface area contributed by atoms with E-state index in [4.69, 9.17) is 0 Å². The number of nitrogens with zero attached hydrogens (tertiary/aromatic N) is 2. The van der Waals surface area contributed by atoms with Gasteiger partial charge in [0.1, 0.15) is 0 Å². The number of hydrogen-bond acceptors (Lipinski definition) is 5. The second-order valence-corrected chi connectivity index (χ2v) is 4.85. The summed E-state index contributed by atoms with van der Waals surface area (Å²) in [7, 11) is 0. The maximum absolute atomic E-state index is 4.40. The Balaban J connectivity index is 2.27. The fraction of sp³-hybridized carbons (Fsp3) is 0.778. The Labute approximate surface area is 93.9 Å². The Morgan fingerprint density at radius 3 is 2.93 bits per heavy atom. The lowest BCUT2D eigenvalue weighted by atomic mass is 10.5. The molecule has 0 radical (unpaired) electrons. The topological polar surface area (TPSA) is 37.8 Å². The van der Waals surface area contributed by atoms with Crippen LogP contribution in [0, 0.1) is 0 Å². The number of thioether (sulfide) groups is 1. The van der Waals surface area contributed by atoms with E-state index in [0.717, 1.165) is 29.7 Å². The smallest absolute Gasteiger partial charge is 0.202 e. The Morgan fingerprint density at radius 1 is 1.36 bits per heavy atom. The molecule has 80 valence electrons. The van der Waals surface area contributed by atoms with Gasteiger partial charge in [0.25, 0.3) is 0 Å². The van der Waals surface area contributed by atoms with Crippen LogP contribution in [0.4, 0.5) is 5.13 Å². The Kier molecular flexibility index (Phi) is 5.94. The number of nitrogens with one attached hydrogen (secondary N) is 1. The Bertz CT molecular complexity index is 250. The molecule has 0 saturated heterocycles. The van der Waals surface area contributed by atoms with Crippen LogP contribution < -0.4 is 5.32 Å². The van der Waals surface area contributed by atoms with Gasteiger partial charge in [0.15, 0.2) is 5.82 Å². The van der Waals surface area contributed by atoms with Gasteiger partial charge in [-0.15, -0.1) is 0 Å². The zero-order valence-corrected chi connectivity index (χ0v) is 10.4. The second-order valence-electron chi connectivity index (χ2n) is 3.00. The molecular formula is C9H17N3S2. The molecule has 0 amide bonds. The van der Waals surface area contributed by atoms with Crippen LogP contribution in [0.1, 0.15) is 32.5 Å². The highest BCUT2D eigenvalue weighted by Gasteiger charge is 2.02. The van der Waals surface area contributed by atoms with Crippen molar-refractivity contribution in [2.45, 2.75) is 32.4 Å². The lowest BCUT2D eigenvalue weighted by Gasteiger charge is -1.96. The van der Waals surface area contributed by atoms with Crippen LogP contribution in [-0.4, -0.2) is 21.7 Å². The minimum atomic E-state index is 0.943. The van der Waals surface area contributed by atoms with Gasteiger partial charge < -0.3 is 5.32 Å². The van der Waals surface area contributed by atoms with E-state index >= 15 is 0 Å². The molecule has 1 aromatic rings. The molecule has 1 rings (SSSR count). The van der Waals surface area contributed by atoms with Crippen molar-refractivity contribution in [3.05, 3.63) is 5.82 Å². The van der Waals surface area contributed by atoms with E-state index in [1.54, 1.807) is 0 Å². The van der Waals surface area contributed by atoms with Crippen molar-refractivity contribution < 1.29 is 0 Å². The summed E-state index contributed by atoms with van der Waals surface area (Å²) in [5.74, 6) is 3.10. The van der Waals surface area contributed by atoms with Crippen molar-refractivity contribution in [1.82, 2.24) is 9.36 Å². The van der Waals surface area contributed by atoms with E-state index in [2.05, 4.69) is 28.5 Å². The van der Waals surface area contributed by atoms with Gasteiger partial charge in [-0.05, 0) is 18.6 Å². The predicted molar refractivity (Wildman–Crippen MR) is 65.1 cm³/mol. The average molecular weight is 231 g/mol. The van der Waals surface area contributed by atoms with Gasteiger partial charge in [-0.25, -0.2) is 4.98 Å². The van der Waals surface area contributed by atoms with Crippen LogP contribution in [0.2, 0.25) is 0 Å². The van der Waals surface area contributed by atoms with Crippen LogP contribution in [0.5, 0.6) is 0 Å². The van der Waals surface area contributed by atoms with Crippen molar-refractivity contribution in [3.63, 3.8) is 0 Å². The fourth-order valence-corrected chi connectivity index (χ4v) is 2.36. The summed E-state index contributed by atoms with van der Waals surface area (Å²) >= 11 is 3.36. The molecule has 1 aromatic heterocycles. The van der Waals surface area contributed by atoms with Gasteiger partial charge in [0, 0.05) is 18.1 Å². The van der Waals surface area contributed by atoms with E-state index in [0.29, 0.717) is 0 Å². The van der Waals surface area contributed by atoms with Crippen LogP contribution in [-0.2, 0) is 5.75 Å². The lowest BCUT2D eigenvalue weighted by molar-refractivity contribution is 0.972. The quantitative estimate of drug-likeness (QED) is 0.732. The Hall–Kier alpha value is -0.290. The fourth-order valence-electron chi connectivity index (χ4n) is 0.924. The standard InChI is InChI=1S/C9H17N3S2/c1-3-5-10-9-11-8(12-14-9)7-13-6-4-2/h3-7H2,1-2H3,(H,10,11,12). The van der Waals surface area contributed by atoms with E-state index < -0.39 is 0 Å². The molecule has 0 aliphatic heterocycles. The zero-order chi connectivity index (χ0) is 10.2. The van der Waals surface area contributed by atoms with E-state index in [1.807, 2.05) is 11.8 Å². The summed E-state index contributed by atoms with van der Waals surface area (Å²) in [6, 6.07) is 0. The molecule has 5 heteroatoms. The highest BCUT2D eigenvalue weighted by Crippen LogP contribution is 2.15. The molecule has 0 aliphatic carbocycles. The first-order valence-electron chi connectivity index (χ1n) is 5.01. The lowest BCUT2D eigenvalue weighted by Crippen LogP contribution is -1.98. The molecule has 0 fully saturated rings. The van der Waals surface area contributed by atoms with E-state index in [9.17, 15) is 0 Å². The maximum atomic E-state index is 4.40. The molecule has 14 heavy (non-hydrogen) atoms. The maximum Gasteiger partial charge on any atom is 0.202 e. The summed E-state index contributed by atoms with van der Waals surface area (Å²) in [5.41, 5.74) is 0. The van der Waals surface area contributed by atoms with Gasteiger partial charge in [0.2, 0.25) is 5.13 Å². The molecule has 0 aromatic carbocycles. The minimum Gasteiger partial charge on any atom is -0.360 e. The first kappa shape index (κ1) is 11.8. The molecule has 0 aliphatic rings. The minimum absolute atomic E-state index is 0.943. The molecule has 0 unspecified atom stereocenters. The predicted octanol–water partition coefficient (Wildman–Crippen LogP) is 3.00. The molecule has 0 atom stereocenters. The monoisotopic (exact) mass is 231 g/mol. The molecular weight excluding hydrogens is 214 g/mol. The van der Waals surface area contributed by atoms with Crippen molar-refractivity contribution in [2.75, 3.05) is 17.6 Å². The molecule has 1 N–H and O–H groups in total. The number of anilines is 1. The number of hydrogen-bond donors (Lipinski definition) is 1. The summed E-state index contributed by atoms with van der Waals surface area (Å²) in [6.07, 6.45) is 2.34. The first-order chi connectivity index (χ1) is 6.86. The van der Waals surface area contributed by atoms with Crippen LogP contribution in [0.15, 0.2) is 0 Å². The average Bonchev–Trinajstić information content (AvgIpc) is 2.63. The van der Waals surface area contributed by atoms with Crippen LogP contribution in [0.25, 0.3) is 0 Å². The summed E-state index contributed by atoms with van der Waals surface area (Å²) in [6.45, 7) is 5.32. The zero-order valence-electron chi connectivity index (χ0n) is 8.75. The number of aromatic nitrogens is 2. The van der Waals surface area contributed by atoms with Gasteiger partial charge in [-0.3, -0.25) is 0 Å². The van der Waals surface area contributed by atoms with Crippen molar-refractivity contribution in [2.24, 2.45) is 0 Å². The van der Waals surface area contributed by atoms with Crippen molar-refractivity contribution in [3.8, 4) is 0 Å². The number of rotatable bonds is 7. The second kappa shape index (κ2) is 7.06. The summed E-state index contributed by atoms with van der Waals surface area (Å²) in [4.78, 5) is 4.40. The SMILES string of the molecule is CCCNc1nc(CSCCC)ns1. The highest BCUT2D eigenvalue weighted by atomic mass is 32.2. The van der Waals surface area contributed by atoms with Gasteiger partial charge >= 0.3 is 0 Å². The first-order valence-corrected chi connectivity index (χ1v) is 6.93. The molecule has 0 saturated carbocycles. The molecule has 1 heterocycles. The van der Waals surface area contributed by atoms with Crippen LogP contribution in [0.3, 0.4) is 0 Å². The molecule has 0 bridgehead atoms. The third-order valence-corrected chi connectivity index (χ3v) is 3.44. The molecule has 3 nitrogen and oxygen atoms in total. The summed E-state index contributed by atoms with van der Waals surface area (Å²) < 4.78 is 4.29. The Morgan fingerprint density at radius 2 is 2.21 bits per heavy atom. The van der Waals surface area contributed by atoms with E-state index in [1.165, 1.54) is 23.7 Å². The largest absolute Gasteiger partial charge is 0.360 e. The summed E-state index contributed by atoms with van der Waals surface area (Å²) in [5, 5.41) is 4.20. The molecule has 0 spiro atoms. The normalized spacial score (nSPS) is 10.4. The van der Waals surface area contributed by atoms with Gasteiger partial charge in [-0.1, -0.05) is 13.8 Å². The third kappa shape index (κ3) is 4.28. The van der Waals surface area contributed by atoms with E-state index in [-0.39, 0.29) is 0 Å². The van der Waals surface area contributed by atoms with Crippen molar-refractivity contribution >= 4 is 28.4 Å². The van der Waals surface area contributed by atoms with Gasteiger partial charge in [0.05, 0.1) is 5.75 Å². The van der Waals surface area contributed by atoms with Crippen LogP contribution >= 0.6 is 23.3 Å².